The molecule has 0 nitrogen and oxygen atoms in total. The monoisotopic (exact) mass is 946 g/mol. The first-order chi connectivity index (χ1) is 32.2. The van der Waals surface area contributed by atoms with E-state index < -0.39 is 32.3 Å². The van der Waals surface area contributed by atoms with Crippen molar-refractivity contribution in [1.29, 1.82) is 0 Å². The lowest BCUT2D eigenvalue weighted by Crippen LogP contribution is -2.45. The summed E-state index contributed by atoms with van der Waals surface area (Å²) in [6.07, 6.45) is 0. The van der Waals surface area contributed by atoms with Crippen LogP contribution < -0.4 is 20.7 Å². The summed E-state index contributed by atoms with van der Waals surface area (Å²) in [6.45, 7) is 30.0. The van der Waals surface area contributed by atoms with E-state index in [9.17, 15) is 0 Å². The summed E-state index contributed by atoms with van der Waals surface area (Å²) in [7, 11) is -6.72. The fraction of sp³-hybridized carbons (Fsp3) is 0.188. The van der Waals surface area contributed by atoms with Crippen molar-refractivity contribution in [3.05, 3.63) is 182 Å². The zero-order valence-electron chi connectivity index (χ0n) is 42.3. The van der Waals surface area contributed by atoms with Gasteiger partial charge in [-0.05, 0) is 111 Å². The lowest BCUT2D eigenvalue weighted by molar-refractivity contribution is 1.59. The van der Waals surface area contributed by atoms with E-state index in [1.54, 1.807) is 0 Å². The lowest BCUT2D eigenvalue weighted by Gasteiger charge is -2.26. The van der Waals surface area contributed by atoms with Gasteiger partial charge in [-0.1, -0.05) is 269 Å². The van der Waals surface area contributed by atoms with Crippen LogP contribution in [0.4, 0.5) is 0 Å². The molecule has 0 spiro atoms. The SMILES string of the molecule is C[Si](C)(C)c1cc(-c2cc(-c3ccc(-c4ccccc4)cc3)c3ccc4c(-c5cc([Si](C)(C)C)cc([Si](C)(C)C)c5)cc(-c5ccc(-c6ccccc6)cc5)c5ccc2c3c54)cc([Si](C)(C)C)c1. The highest BCUT2D eigenvalue weighted by Crippen LogP contribution is 2.49. The van der Waals surface area contributed by atoms with Crippen molar-refractivity contribution in [2.24, 2.45) is 0 Å². The second-order valence-electron chi connectivity index (χ2n) is 23.5. The predicted octanol–water partition coefficient (Wildman–Crippen LogP) is 16.8. The molecule has 10 aromatic rings. The molecule has 10 aromatic carbocycles. The van der Waals surface area contributed by atoms with Gasteiger partial charge in [-0.2, -0.15) is 0 Å². The molecule has 0 aliphatic carbocycles. The van der Waals surface area contributed by atoms with Crippen LogP contribution in [0.2, 0.25) is 78.6 Å². The molecule has 0 bridgehead atoms. The van der Waals surface area contributed by atoms with Crippen LogP contribution in [-0.4, -0.2) is 32.3 Å². The molecular weight excluding hydrogens is 881 g/mol. The summed E-state index contributed by atoms with van der Waals surface area (Å²) in [5.74, 6) is 0. The molecule has 10 rings (SSSR count). The van der Waals surface area contributed by atoms with Gasteiger partial charge >= 0.3 is 0 Å². The molecule has 0 N–H and O–H groups in total. The van der Waals surface area contributed by atoms with Gasteiger partial charge in [0.25, 0.3) is 0 Å². The third-order valence-corrected chi connectivity index (χ3v) is 22.5. The molecule has 0 amide bonds. The first-order valence-corrected chi connectivity index (χ1v) is 38.7. The molecule has 0 aliphatic heterocycles. The minimum Gasteiger partial charge on any atom is -0.0656 e. The number of hydrogen-bond acceptors (Lipinski definition) is 0. The van der Waals surface area contributed by atoms with E-state index in [0.29, 0.717) is 0 Å². The van der Waals surface area contributed by atoms with E-state index in [1.165, 1.54) is 120 Å². The van der Waals surface area contributed by atoms with Crippen LogP contribution in [0.1, 0.15) is 0 Å². The minimum atomic E-state index is -1.68. The molecule has 0 saturated carbocycles. The van der Waals surface area contributed by atoms with Gasteiger partial charge in [-0.15, -0.1) is 0 Å². The summed E-state index contributed by atoms with van der Waals surface area (Å²) < 4.78 is 0. The topological polar surface area (TPSA) is 0 Å². The van der Waals surface area contributed by atoms with Crippen LogP contribution in [0.15, 0.2) is 182 Å². The van der Waals surface area contributed by atoms with E-state index in [4.69, 9.17) is 0 Å². The van der Waals surface area contributed by atoms with Gasteiger partial charge in [-0.3, -0.25) is 0 Å². The highest BCUT2D eigenvalue weighted by atomic mass is 28.3. The largest absolute Gasteiger partial charge is 0.0776 e. The average molecular weight is 948 g/mol. The van der Waals surface area contributed by atoms with E-state index >= 15 is 0 Å². The number of benzene rings is 10. The summed E-state index contributed by atoms with van der Waals surface area (Å²) in [5, 5.41) is 14.2. The second-order valence-corrected chi connectivity index (χ2v) is 43.8. The van der Waals surface area contributed by atoms with Gasteiger partial charge in [0, 0.05) is 0 Å². The van der Waals surface area contributed by atoms with Crippen molar-refractivity contribution in [3.8, 4) is 66.8 Å². The van der Waals surface area contributed by atoms with Crippen molar-refractivity contribution < 1.29 is 0 Å². The Labute approximate surface area is 410 Å². The molecule has 4 heteroatoms. The first-order valence-electron chi connectivity index (χ1n) is 24.7. The molecule has 0 unspecified atom stereocenters. The maximum absolute atomic E-state index is 2.58. The second kappa shape index (κ2) is 17.0. The summed E-state index contributed by atoms with van der Waals surface area (Å²) in [5.41, 5.74) is 15.4. The third kappa shape index (κ3) is 8.62. The Bertz CT molecular complexity index is 3190. The number of hydrogen-bond donors (Lipinski definition) is 0. The van der Waals surface area contributed by atoms with Gasteiger partial charge in [0.1, 0.15) is 0 Å². The Hall–Kier alpha value is -5.89. The average Bonchev–Trinajstić information content (AvgIpc) is 3.32. The van der Waals surface area contributed by atoms with Crippen LogP contribution >= 0.6 is 0 Å². The van der Waals surface area contributed by atoms with Crippen molar-refractivity contribution in [2.75, 3.05) is 0 Å². The first kappa shape index (κ1) is 45.9. The van der Waals surface area contributed by atoms with Crippen molar-refractivity contribution in [1.82, 2.24) is 0 Å². The molecule has 0 aromatic heterocycles. The smallest absolute Gasteiger partial charge is 0.0656 e. The van der Waals surface area contributed by atoms with Crippen LogP contribution in [0.3, 0.4) is 0 Å². The summed E-state index contributed by atoms with van der Waals surface area (Å²) in [6, 6.07) is 70.6. The molecule has 0 fully saturated rings. The quantitative estimate of drug-likeness (QED) is 0.0947. The Kier molecular flexibility index (Phi) is 11.4. The molecule has 0 atom stereocenters. The summed E-state index contributed by atoms with van der Waals surface area (Å²) >= 11 is 0. The molecular formula is C64H66Si4. The predicted molar refractivity (Wildman–Crippen MR) is 315 cm³/mol. The maximum atomic E-state index is 2.58. The molecule has 0 aliphatic rings. The highest BCUT2D eigenvalue weighted by molar-refractivity contribution is 6.92. The van der Waals surface area contributed by atoms with E-state index in [0.717, 1.165) is 0 Å². The van der Waals surface area contributed by atoms with E-state index in [1.807, 2.05) is 0 Å². The molecule has 68 heavy (non-hydrogen) atoms. The highest BCUT2D eigenvalue weighted by Gasteiger charge is 2.28. The van der Waals surface area contributed by atoms with Gasteiger partial charge in [-0.25, -0.2) is 0 Å². The maximum Gasteiger partial charge on any atom is 0.0776 e. The Morgan fingerprint density at radius 3 is 0.706 bits per heavy atom. The fourth-order valence-electron chi connectivity index (χ4n) is 10.2. The van der Waals surface area contributed by atoms with Crippen LogP contribution in [0.25, 0.3) is 99.1 Å². The van der Waals surface area contributed by atoms with Crippen LogP contribution in [0.5, 0.6) is 0 Å². The summed E-state index contributed by atoms with van der Waals surface area (Å²) in [4.78, 5) is 0. The number of rotatable bonds is 10. The van der Waals surface area contributed by atoms with Gasteiger partial charge < -0.3 is 0 Å². The Morgan fingerprint density at radius 2 is 0.441 bits per heavy atom. The van der Waals surface area contributed by atoms with Crippen molar-refractivity contribution in [2.45, 2.75) is 78.6 Å². The van der Waals surface area contributed by atoms with Gasteiger partial charge in [0.2, 0.25) is 0 Å². The van der Waals surface area contributed by atoms with E-state index in [-0.39, 0.29) is 0 Å². The minimum absolute atomic E-state index is 1.24. The third-order valence-electron chi connectivity index (χ3n) is 14.5. The normalized spacial score (nSPS) is 12.7. The van der Waals surface area contributed by atoms with Crippen LogP contribution in [0, 0.1) is 0 Å². The molecule has 0 heterocycles. The molecule has 0 radical (unpaired) electrons. The zero-order valence-corrected chi connectivity index (χ0v) is 46.3. The van der Waals surface area contributed by atoms with Crippen LogP contribution in [-0.2, 0) is 0 Å². The van der Waals surface area contributed by atoms with Crippen molar-refractivity contribution >= 4 is 85.4 Å². The van der Waals surface area contributed by atoms with Crippen molar-refractivity contribution in [3.63, 3.8) is 0 Å². The fourth-order valence-corrected chi connectivity index (χ4v) is 15.2. The Morgan fingerprint density at radius 1 is 0.206 bits per heavy atom. The Balaban J connectivity index is 1.34. The van der Waals surface area contributed by atoms with Gasteiger partial charge in [0.05, 0.1) is 32.3 Å². The molecule has 0 saturated heterocycles. The van der Waals surface area contributed by atoms with Gasteiger partial charge in [0.15, 0.2) is 0 Å². The lowest BCUT2D eigenvalue weighted by atomic mass is 9.81. The zero-order chi connectivity index (χ0) is 47.9. The standard InChI is InChI=1S/C64H66Si4/c1-65(2,3)51-35-49(36-52(39-51)66(4,5)6)61-41-59(47-27-23-45(24-28-47)43-19-15-13-16-20-43)55-32-34-58-62(50-37-53(67(7,8)9)40-54(38-50)68(10,11)12)42-60(56-31-33-57(61)63(55)64(56)58)48-29-25-46(26-30-48)44-21-17-14-18-22-44/h13-42H,1-12H3. The van der Waals surface area contributed by atoms with E-state index in [2.05, 4.69) is 261 Å². The molecule has 338 valence electrons.